The summed E-state index contributed by atoms with van der Waals surface area (Å²) in [7, 11) is 0. The second-order valence-electron chi connectivity index (χ2n) is 2.43. The molecule has 1 unspecified atom stereocenters. The van der Waals surface area contributed by atoms with E-state index in [0.29, 0.717) is 12.3 Å². The van der Waals surface area contributed by atoms with Crippen LogP contribution >= 0.6 is 0 Å². The van der Waals surface area contributed by atoms with Crippen LogP contribution in [0.1, 0.15) is 13.8 Å². The lowest BCUT2D eigenvalue weighted by Crippen LogP contribution is -2.27. The molecular weight excluding hydrogens is 130 g/mol. The molecule has 0 bridgehead atoms. The third-order valence-corrected chi connectivity index (χ3v) is 1.29. The normalized spacial score (nSPS) is 26.0. The van der Waals surface area contributed by atoms with Crippen LogP contribution in [0.25, 0.3) is 0 Å². The molecule has 0 radical (unpaired) electrons. The van der Waals surface area contributed by atoms with Gasteiger partial charge in [0.1, 0.15) is 6.10 Å². The standard InChI is InChI=1S/C7H11NO2/c1-5-3-7(9)8-4-6(2)10-5/h3,6H,4H2,1-2H3,(H,8,9). The van der Waals surface area contributed by atoms with E-state index in [0.717, 1.165) is 0 Å². The van der Waals surface area contributed by atoms with Gasteiger partial charge in [0.15, 0.2) is 0 Å². The SMILES string of the molecule is CC1=CC(=O)NCC(C)O1. The summed E-state index contributed by atoms with van der Waals surface area (Å²) in [6.45, 7) is 4.29. The molecule has 1 N–H and O–H groups in total. The van der Waals surface area contributed by atoms with E-state index < -0.39 is 0 Å². The predicted octanol–water partition coefficient (Wildman–Crippen LogP) is 0.425. The Hall–Kier alpha value is -0.990. The van der Waals surface area contributed by atoms with Crippen molar-refractivity contribution in [2.75, 3.05) is 6.54 Å². The summed E-state index contributed by atoms with van der Waals surface area (Å²) in [5.41, 5.74) is 0. The van der Waals surface area contributed by atoms with Crippen LogP contribution in [0.3, 0.4) is 0 Å². The van der Waals surface area contributed by atoms with E-state index in [1.54, 1.807) is 6.92 Å². The lowest BCUT2D eigenvalue weighted by Gasteiger charge is -2.10. The molecule has 56 valence electrons. The third-order valence-electron chi connectivity index (χ3n) is 1.29. The van der Waals surface area contributed by atoms with Crippen LogP contribution in [0, 0.1) is 0 Å². The monoisotopic (exact) mass is 141 g/mol. The van der Waals surface area contributed by atoms with Crippen molar-refractivity contribution >= 4 is 5.91 Å². The van der Waals surface area contributed by atoms with Crippen LogP contribution < -0.4 is 5.32 Å². The van der Waals surface area contributed by atoms with E-state index in [9.17, 15) is 4.79 Å². The van der Waals surface area contributed by atoms with Gasteiger partial charge in [0.05, 0.1) is 12.3 Å². The molecule has 0 spiro atoms. The average Bonchev–Trinajstić information content (AvgIpc) is 1.93. The lowest BCUT2D eigenvalue weighted by atomic mass is 10.4. The second kappa shape index (κ2) is 2.73. The zero-order valence-corrected chi connectivity index (χ0v) is 6.18. The number of carbonyl (C=O) groups is 1. The van der Waals surface area contributed by atoms with Crippen molar-refractivity contribution < 1.29 is 9.53 Å². The average molecular weight is 141 g/mol. The van der Waals surface area contributed by atoms with Gasteiger partial charge in [0.25, 0.3) is 0 Å². The van der Waals surface area contributed by atoms with Crippen LogP contribution in [0.4, 0.5) is 0 Å². The highest BCUT2D eigenvalue weighted by atomic mass is 16.5. The number of amides is 1. The smallest absolute Gasteiger partial charge is 0.247 e. The number of hydrogen-bond donors (Lipinski definition) is 1. The molecule has 0 aromatic heterocycles. The van der Waals surface area contributed by atoms with Gasteiger partial charge in [-0.05, 0) is 13.8 Å². The quantitative estimate of drug-likeness (QED) is 0.531. The van der Waals surface area contributed by atoms with Crippen molar-refractivity contribution in [2.24, 2.45) is 0 Å². The van der Waals surface area contributed by atoms with Gasteiger partial charge < -0.3 is 10.1 Å². The van der Waals surface area contributed by atoms with Crippen LogP contribution in [0.15, 0.2) is 11.8 Å². The van der Waals surface area contributed by atoms with Crippen molar-refractivity contribution in [2.45, 2.75) is 20.0 Å². The highest BCUT2D eigenvalue weighted by Crippen LogP contribution is 2.03. The Morgan fingerprint density at radius 2 is 2.50 bits per heavy atom. The summed E-state index contributed by atoms with van der Waals surface area (Å²) in [6.07, 6.45) is 1.55. The van der Waals surface area contributed by atoms with Crippen LogP contribution in [0.2, 0.25) is 0 Å². The van der Waals surface area contributed by atoms with Gasteiger partial charge in [0.2, 0.25) is 5.91 Å². The molecule has 1 aliphatic heterocycles. The fourth-order valence-electron chi connectivity index (χ4n) is 0.873. The second-order valence-corrected chi connectivity index (χ2v) is 2.43. The molecule has 0 saturated carbocycles. The Kier molecular flexibility index (Phi) is 1.94. The fourth-order valence-corrected chi connectivity index (χ4v) is 0.873. The van der Waals surface area contributed by atoms with Gasteiger partial charge in [-0.25, -0.2) is 0 Å². The minimum atomic E-state index is -0.0677. The Labute approximate surface area is 60.1 Å². The maximum Gasteiger partial charge on any atom is 0.247 e. The zero-order valence-electron chi connectivity index (χ0n) is 6.18. The van der Waals surface area contributed by atoms with Crippen molar-refractivity contribution in [1.29, 1.82) is 0 Å². The number of ether oxygens (including phenoxy) is 1. The predicted molar refractivity (Wildman–Crippen MR) is 37.3 cm³/mol. The Morgan fingerprint density at radius 3 is 3.20 bits per heavy atom. The van der Waals surface area contributed by atoms with E-state index in [1.165, 1.54) is 6.08 Å². The first-order valence-corrected chi connectivity index (χ1v) is 3.31. The number of carbonyl (C=O) groups excluding carboxylic acids is 1. The first-order valence-electron chi connectivity index (χ1n) is 3.31. The number of allylic oxidation sites excluding steroid dienone is 1. The van der Waals surface area contributed by atoms with Crippen LogP contribution in [-0.2, 0) is 9.53 Å². The van der Waals surface area contributed by atoms with Crippen molar-refractivity contribution in [3.8, 4) is 0 Å². The molecule has 1 amide bonds. The van der Waals surface area contributed by atoms with E-state index in [2.05, 4.69) is 5.32 Å². The van der Waals surface area contributed by atoms with Gasteiger partial charge in [-0.2, -0.15) is 0 Å². The first kappa shape index (κ1) is 7.12. The Morgan fingerprint density at radius 1 is 1.80 bits per heavy atom. The molecule has 1 heterocycles. The molecule has 1 rings (SSSR count). The molecule has 0 aliphatic carbocycles. The van der Waals surface area contributed by atoms with Gasteiger partial charge in [-0.1, -0.05) is 0 Å². The molecule has 10 heavy (non-hydrogen) atoms. The summed E-state index contributed by atoms with van der Waals surface area (Å²) in [5, 5.41) is 2.68. The zero-order chi connectivity index (χ0) is 7.56. The molecular formula is C7H11NO2. The highest BCUT2D eigenvalue weighted by molar-refractivity contribution is 5.88. The molecule has 0 saturated heterocycles. The fraction of sp³-hybridized carbons (Fsp3) is 0.571. The van der Waals surface area contributed by atoms with Gasteiger partial charge >= 0.3 is 0 Å². The highest BCUT2D eigenvalue weighted by Gasteiger charge is 2.09. The Bertz CT molecular complexity index is 174. The Balaban J connectivity index is 2.64. The number of hydrogen-bond acceptors (Lipinski definition) is 2. The summed E-state index contributed by atoms with van der Waals surface area (Å²) in [4.78, 5) is 10.8. The molecule has 0 aromatic carbocycles. The first-order chi connectivity index (χ1) is 4.68. The molecule has 1 aliphatic rings. The summed E-state index contributed by atoms with van der Waals surface area (Å²) in [5.74, 6) is 0.615. The van der Waals surface area contributed by atoms with Crippen molar-refractivity contribution in [3.05, 3.63) is 11.8 Å². The molecule has 3 heteroatoms. The minimum Gasteiger partial charge on any atom is -0.493 e. The number of rotatable bonds is 0. The molecule has 0 aromatic rings. The lowest BCUT2D eigenvalue weighted by molar-refractivity contribution is -0.116. The minimum absolute atomic E-state index is 0.0677. The van der Waals surface area contributed by atoms with E-state index in [1.807, 2.05) is 6.92 Å². The maximum atomic E-state index is 10.8. The van der Waals surface area contributed by atoms with Gasteiger partial charge in [0, 0.05) is 6.08 Å². The van der Waals surface area contributed by atoms with E-state index in [-0.39, 0.29) is 12.0 Å². The van der Waals surface area contributed by atoms with Crippen LogP contribution in [-0.4, -0.2) is 18.6 Å². The topological polar surface area (TPSA) is 38.3 Å². The van der Waals surface area contributed by atoms with Gasteiger partial charge in [-0.3, -0.25) is 4.79 Å². The van der Waals surface area contributed by atoms with Gasteiger partial charge in [-0.15, -0.1) is 0 Å². The van der Waals surface area contributed by atoms with Crippen molar-refractivity contribution in [1.82, 2.24) is 5.32 Å². The van der Waals surface area contributed by atoms with Crippen molar-refractivity contribution in [3.63, 3.8) is 0 Å². The number of nitrogens with one attached hydrogen (secondary N) is 1. The summed E-state index contributed by atoms with van der Waals surface area (Å²) >= 11 is 0. The maximum absolute atomic E-state index is 10.8. The van der Waals surface area contributed by atoms with E-state index in [4.69, 9.17) is 4.74 Å². The molecule has 0 fully saturated rings. The summed E-state index contributed by atoms with van der Waals surface area (Å²) < 4.78 is 5.26. The van der Waals surface area contributed by atoms with E-state index >= 15 is 0 Å². The third kappa shape index (κ3) is 1.76. The largest absolute Gasteiger partial charge is 0.493 e. The molecule has 3 nitrogen and oxygen atoms in total. The molecule has 1 atom stereocenters. The van der Waals surface area contributed by atoms with Crippen LogP contribution in [0.5, 0.6) is 0 Å². The summed E-state index contributed by atoms with van der Waals surface area (Å²) in [6, 6.07) is 0.